The van der Waals surface area contributed by atoms with E-state index in [2.05, 4.69) is 6.58 Å². The van der Waals surface area contributed by atoms with Gasteiger partial charge < -0.3 is 14.2 Å². The average molecular weight is 314 g/mol. The van der Waals surface area contributed by atoms with Gasteiger partial charge in [-0.1, -0.05) is 50.3 Å². The van der Waals surface area contributed by atoms with Crippen molar-refractivity contribution < 1.29 is 14.2 Å². The Labute approximate surface area is 139 Å². The SMILES string of the molecule is C=CCc1cc(OC)c(OCc2ccccc2)c(OC)c1.CC. The normalized spacial score (nSPS) is 9.39. The Kier molecular flexibility index (Phi) is 8.37. The summed E-state index contributed by atoms with van der Waals surface area (Å²) in [4.78, 5) is 0. The van der Waals surface area contributed by atoms with Crippen LogP contribution in [-0.4, -0.2) is 14.2 Å². The molecule has 3 nitrogen and oxygen atoms in total. The minimum atomic E-state index is 0.467. The van der Waals surface area contributed by atoms with Crippen LogP contribution in [0, 0.1) is 0 Å². The molecule has 0 aliphatic carbocycles. The topological polar surface area (TPSA) is 27.7 Å². The van der Waals surface area contributed by atoms with Crippen molar-refractivity contribution in [2.75, 3.05) is 14.2 Å². The van der Waals surface area contributed by atoms with E-state index in [1.165, 1.54) is 0 Å². The molecule has 0 saturated heterocycles. The molecule has 0 saturated carbocycles. The lowest BCUT2D eigenvalue weighted by molar-refractivity contribution is 0.265. The van der Waals surface area contributed by atoms with Gasteiger partial charge in [-0.15, -0.1) is 6.58 Å². The molecular weight excluding hydrogens is 288 g/mol. The number of ether oxygens (including phenoxy) is 3. The molecule has 0 radical (unpaired) electrons. The molecule has 0 fully saturated rings. The molecule has 0 atom stereocenters. The second-order valence-electron chi connectivity index (χ2n) is 4.60. The first-order valence-corrected chi connectivity index (χ1v) is 7.81. The van der Waals surface area contributed by atoms with Crippen LogP contribution in [-0.2, 0) is 13.0 Å². The number of rotatable bonds is 7. The molecule has 124 valence electrons. The number of hydrogen-bond acceptors (Lipinski definition) is 3. The molecule has 2 aromatic carbocycles. The predicted octanol–water partition coefficient (Wildman–Crippen LogP) is 5.04. The fourth-order valence-electron chi connectivity index (χ4n) is 2.09. The van der Waals surface area contributed by atoms with Crippen LogP contribution in [0.1, 0.15) is 25.0 Å². The summed E-state index contributed by atoms with van der Waals surface area (Å²) < 4.78 is 16.7. The Bertz CT molecular complexity index is 566. The summed E-state index contributed by atoms with van der Waals surface area (Å²) in [6, 6.07) is 13.9. The van der Waals surface area contributed by atoms with Gasteiger partial charge in [0.2, 0.25) is 5.75 Å². The van der Waals surface area contributed by atoms with Crippen molar-refractivity contribution in [1.82, 2.24) is 0 Å². The molecule has 0 amide bonds. The van der Waals surface area contributed by atoms with Gasteiger partial charge in [0, 0.05) is 0 Å². The fraction of sp³-hybridized carbons (Fsp3) is 0.300. The summed E-state index contributed by atoms with van der Waals surface area (Å²) >= 11 is 0. The Morgan fingerprint density at radius 1 is 0.913 bits per heavy atom. The molecule has 0 aliphatic heterocycles. The van der Waals surface area contributed by atoms with Gasteiger partial charge >= 0.3 is 0 Å². The highest BCUT2D eigenvalue weighted by molar-refractivity contribution is 5.54. The van der Waals surface area contributed by atoms with E-state index in [0.717, 1.165) is 17.5 Å². The highest BCUT2D eigenvalue weighted by atomic mass is 16.5. The number of allylic oxidation sites excluding steroid dienone is 1. The van der Waals surface area contributed by atoms with Crippen LogP contribution in [0.4, 0.5) is 0 Å². The Balaban J connectivity index is 0.00000127. The fourth-order valence-corrected chi connectivity index (χ4v) is 2.09. The summed E-state index contributed by atoms with van der Waals surface area (Å²) in [5.74, 6) is 1.96. The summed E-state index contributed by atoms with van der Waals surface area (Å²) in [5, 5.41) is 0. The third-order valence-electron chi connectivity index (χ3n) is 3.13. The zero-order valence-electron chi connectivity index (χ0n) is 14.5. The molecule has 0 N–H and O–H groups in total. The van der Waals surface area contributed by atoms with E-state index >= 15 is 0 Å². The maximum absolute atomic E-state index is 5.89. The molecule has 0 heterocycles. The maximum atomic E-state index is 5.89. The monoisotopic (exact) mass is 314 g/mol. The third kappa shape index (κ3) is 5.37. The van der Waals surface area contributed by atoms with E-state index in [9.17, 15) is 0 Å². The minimum Gasteiger partial charge on any atom is -0.493 e. The minimum absolute atomic E-state index is 0.467. The molecule has 23 heavy (non-hydrogen) atoms. The van der Waals surface area contributed by atoms with Gasteiger partial charge in [0.1, 0.15) is 6.61 Å². The van der Waals surface area contributed by atoms with Crippen LogP contribution in [0.15, 0.2) is 55.1 Å². The van der Waals surface area contributed by atoms with Crippen molar-refractivity contribution in [2.45, 2.75) is 26.9 Å². The summed E-state index contributed by atoms with van der Waals surface area (Å²) in [7, 11) is 3.25. The van der Waals surface area contributed by atoms with Crippen molar-refractivity contribution in [3.63, 3.8) is 0 Å². The summed E-state index contributed by atoms with van der Waals surface area (Å²) in [6.45, 7) is 8.22. The Morgan fingerprint density at radius 3 is 1.96 bits per heavy atom. The second kappa shape index (κ2) is 10.3. The van der Waals surface area contributed by atoms with Crippen LogP contribution in [0.5, 0.6) is 17.2 Å². The van der Waals surface area contributed by atoms with E-state index in [-0.39, 0.29) is 0 Å². The van der Waals surface area contributed by atoms with E-state index in [1.807, 2.05) is 62.4 Å². The first-order valence-electron chi connectivity index (χ1n) is 7.81. The van der Waals surface area contributed by atoms with Crippen molar-refractivity contribution >= 4 is 0 Å². The van der Waals surface area contributed by atoms with Crippen molar-refractivity contribution in [3.8, 4) is 17.2 Å². The molecule has 3 heteroatoms. The van der Waals surface area contributed by atoms with Crippen LogP contribution >= 0.6 is 0 Å². The molecule has 0 aromatic heterocycles. The number of methoxy groups -OCH3 is 2. The summed E-state index contributed by atoms with van der Waals surface area (Å²) in [5.41, 5.74) is 2.17. The lowest BCUT2D eigenvalue weighted by Gasteiger charge is -2.16. The lowest BCUT2D eigenvalue weighted by atomic mass is 10.1. The molecule has 2 rings (SSSR count). The van der Waals surface area contributed by atoms with Gasteiger partial charge in [-0.2, -0.15) is 0 Å². The lowest BCUT2D eigenvalue weighted by Crippen LogP contribution is -2.01. The number of hydrogen-bond donors (Lipinski definition) is 0. The standard InChI is InChI=1S/C18H20O3.C2H6/c1-4-8-15-11-16(19-2)18(17(12-15)20-3)21-13-14-9-6-5-7-10-14;1-2/h4-7,9-12H,1,8,13H2,2-3H3;1-2H3. The van der Waals surface area contributed by atoms with E-state index in [4.69, 9.17) is 14.2 Å². The van der Waals surface area contributed by atoms with Gasteiger partial charge in [0.15, 0.2) is 11.5 Å². The molecule has 0 spiro atoms. The van der Waals surface area contributed by atoms with Gasteiger partial charge in [-0.3, -0.25) is 0 Å². The van der Waals surface area contributed by atoms with E-state index in [1.54, 1.807) is 14.2 Å². The van der Waals surface area contributed by atoms with Crippen molar-refractivity contribution in [2.24, 2.45) is 0 Å². The Morgan fingerprint density at radius 2 is 1.48 bits per heavy atom. The van der Waals surface area contributed by atoms with Crippen molar-refractivity contribution in [1.29, 1.82) is 0 Å². The van der Waals surface area contributed by atoms with Crippen LogP contribution in [0.3, 0.4) is 0 Å². The summed E-state index contributed by atoms with van der Waals surface area (Å²) in [6.07, 6.45) is 2.60. The molecule has 0 bridgehead atoms. The molecule has 0 aliphatic rings. The molecule has 0 unspecified atom stereocenters. The van der Waals surface area contributed by atoms with Gasteiger partial charge in [0.05, 0.1) is 14.2 Å². The zero-order valence-corrected chi connectivity index (χ0v) is 14.5. The highest BCUT2D eigenvalue weighted by Crippen LogP contribution is 2.39. The molecular formula is C20H26O3. The largest absolute Gasteiger partial charge is 0.493 e. The average Bonchev–Trinajstić information content (AvgIpc) is 2.62. The highest BCUT2D eigenvalue weighted by Gasteiger charge is 2.14. The zero-order chi connectivity index (χ0) is 17.1. The predicted molar refractivity (Wildman–Crippen MR) is 95.6 cm³/mol. The maximum Gasteiger partial charge on any atom is 0.203 e. The quantitative estimate of drug-likeness (QED) is 0.670. The van der Waals surface area contributed by atoms with Crippen molar-refractivity contribution in [3.05, 3.63) is 66.2 Å². The molecule has 2 aromatic rings. The Hall–Kier alpha value is -2.42. The van der Waals surface area contributed by atoms with E-state index < -0.39 is 0 Å². The second-order valence-corrected chi connectivity index (χ2v) is 4.60. The smallest absolute Gasteiger partial charge is 0.203 e. The third-order valence-corrected chi connectivity index (χ3v) is 3.13. The van der Waals surface area contributed by atoms with Crippen LogP contribution < -0.4 is 14.2 Å². The van der Waals surface area contributed by atoms with Crippen LogP contribution in [0.2, 0.25) is 0 Å². The van der Waals surface area contributed by atoms with Gasteiger partial charge in [-0.05, 0) is 29.7 Å². The van der Waals surface area contributed by atoms with Gasteiger partial charge in [0.25, 0.3) is 0 Å². The van der Waals surface area contributed by atoms with Crippen LogP contribution in [0.25, 0.3) is 0 Å². The van der Waals surface area contributed by atoms with Gasteiger partial charge in [-0.25, -0.2) is 0 Å². The first-order chi connectivity index (χ1) is 11.3. The van der Waals surface area contributed by atoms with E-state index in [0.29, 0.717) is 23.9 Å². The number of benzene rings is 2. The first kappa shape index (κ1) is 18.6.